The molecular weight excluding hydrogens is 287 g/mol. The summed E-state index contributed by atoms with van der Waals surface area (Å²) in [5.41, 5.74) is 2.16. The Morgan fingerprint density at radius 3 is 2.43 bits per heavy atom. The Hall–Kier alpha value is -2.81. The summed E-state index contributed by atoms with van der Waals surface area (Å²) in [6, 6.07) is 14.9. The van der Waals surface area contributed by atoms with Crippen molar-refractivity contribution < 1.29 is 4.39 Å². The Morgan fingerprint density at radius 1 is 0.826 bits per heavy atom. The van der Waals surface area contributed by atoms with Gasteiger partial charge in [0.25, 0.3) is 0 Å². The zero-order chi connectivity index (χ0) is 16.2. The molecule has 2 nitrogen and oxygen atoms in total. The molecule has 114 valence electrons. The van der Waals surface area contributed by atoms with Gasteiger partial charge in [0.15, 0.2) is 0 Å². The molecule has 2 heterocycles. The number of rotatable bonds is 0. The molecule has 0 saturated carbocycles. The van der Waals surface area contributed by atoms with Crippen LogP contribution in [0, 0.1) is 19.7 Å². The van der Waals surface area contributed by atoms with Crippen molar-refractivity contribution in [3.8, 4) is 0 Å². The fraction of sp³-hybridized carbons (Fsp3) is 0.100. The van der Waals surface area contributed by atoms with Crippen molar-refractivity contribution in [2.75, 3.05) is 0 Å². The Balaban J connectivity index is 0.000000136. The molecule has 0 spiro atoms. The lowest BCUT2D eigenvalue weighted by atomic mass is 10.1. The summed E-state index contributed by atoms with van der Waals surface area (Å²) in [6.45, 7) is 3.98. The number of fused-ring (bicyclic) bond motifs is 2. The van der Waals surface area contributed by atoms with Crippen LogP contribution in [0.25, 0.3) is 21.5 Å². The molecule has 0 radical (unpaired) electrons. The minimum absolute atomic E-state index is 0.210. The van der Waals surface area contributed by atoms with E-state index in [2.05, 4.69) is 35.1 Å². The van der Waals surface area contributed by atoms with E-state index < -0.39 is 0 Å². The van der Waals surface area contributed by atoms with Crippen LogP contribution in [0.3, 0.4) is 0 Å². The number of nitrogens with zero attached hydrogens (tertiary/aromatic N) is 2. The third-order valence-electron chi connectivity index (χ3n) is 3.83. The molecule has 0 aliphatic rings. The van der Waals surface area contributed by atoms with E-state index in [0.29, 0.717) is 0 Å². The molecule has 0 N–H and O–H groups in total. The summed E-state index contributed by atoms with van der Waals surface area (Å²) < 4.78 is 12.8. The lowest BCUT2D eigenvalue weighted by Crippen LogP contribution is -1.83. The summed E-state index contributed by atoms with van der Waals surface area (Å²) in [5.74, 6) is -0.210. The Kier molecular flexibility index (Phi) is 4.29. The molecule has 0 unspecified atom stereocenters. The van der Waals surface area contributed by atoms with Gasteiger partial charge >= 0.3 is 0 Å². The van der Waals surface area contributed by atoms with Gasteiger partial charge in [0, 0.05) is 35.1 Å². The highest BCUT2D eigenvalue weighted by molar-refractivity contribution is 5.84. The third kappa shape index (κ3) is 3.34. The highest BCUT2D eigenvalue weighted by Gasteiger charge is 1.98. The van der Waals surface area contributed by atoms with Gasteiger partial charge in [-0.2, -0.15) is 0 Å². The van der Waals surface area contributed by atoms with Crippen LogP contribution in [0.1, 0.15) is 11.3 Å². The first kappa shape index (κ1) is 15.1. The van der Waals surface area contributed by atoms with Crippen molar-refractivity contribution in [1.29, 1.82) is 0 Å². The molecule has 0 bridgehead atoms. The second-order valence-corrected chi connectivity index (χ2v) is 5.43. The molecular formula is C20H17FN2. The molecule has 0 aliphatic carbocycles. The number of pyridine rings is 2. The monoisotopic (exact) mass is 304 g/mol. The number of halogens is 1. The number of hydrogen-bond donors (Lipinski definition) is 0. The smallest absolute Gasteiger partial charge is 0.123 e. The molecule has 4 rings (SSSR count). The van der Waals surface area contributed by atoms with Crippen LogP contribution in [-0.4, -0.2) is 9.97 Å². The molecule has 0 atom stereocenters. The zero-order valence-electron chi connectivity index (χ0n) is 13.1. The van der Waals surface area contributed by atoms with Crippen molar-refractivity contribution >= 4 is 21.5 Å². The lowest BCUT2D eigenvalue weighted by molar-refractivity contribution is 0.629. The summed E-state index contributed by atoms with van der Waals surface area (Å²) in [6.07, 6.45) is 5.46. The van der Waals surface area contributed by atoms with E-state index in [4.69, 9.17) is 0 Å². The maximum Gasteiger partial charge on any atom is 0.123 e. The minimum Gasteiger partial charge on any atom is -0.264 e. The number of hydrogen-bond acceptors (Lipinski definition) is 2. The van der Waals surface area contributed by atoms with Crippen molar-refractivity contribution in [1.82, 2.24) is 9.97 Å². The number of aryl methyl sites for hydroxylation is 2. The minimum atomic E-state index is -0.210. The summed E-state index contributed by atoms with van der Waals surface area (Å²) in [4.78, 5) is 8.16. The van der Waals surface area contributed by atoms with Gasteiger partial charge in [-0.15, -0.1) is 0 Å². The maximum absolute atomic E-state index is 12.8. The predicted molar refractivity (Wildman–Crippen MR) is 92.9 cm³/mol. The van der Waals surface area contributed by atoms with Crippen LogP contribution >= 0.6 is 0 Å². The fourth-order valence-corrected chi connectivity index (χ4v) is 2.55. The van der Waals surface area contributed by atoms with Crippen molar-refractivity contribution in [2.45, 2.75) is 13.8 Å². The summed E-state index contributed by atoms with van der Waals surface area (Å²) in [5, 5.41) is 4.43. The van der Waals surface area contributed by atoms with E-state index in [1.165, 1.54) is 28.5 Å². The van der Waals surface area contributed by atoms with E-state index in [0.717, 1.165) is 16.5 Å². The summed E-state index contributed by atoms with van der Waals surface area (Å²) >= 11 is 0. The zero-order valence-corrected chi connectivity index (χ0v) is 13.1. The fourth-order valence-electron chi connectivity index (χ4n) is 2.55. The van der Waals surface area contributed by atoms with Gasteiger partial charge in [0.1, 0.15) is 5.82 Å². The van der Waals surface area contributed by atoms with Gasteiger partial charge in [0.05, 0.1) is 0 Å². The third-order valence-corrected chi connectivity index (χ3v) is 3.83. The van der Waals surface area contributed by atoms with E-state index >= 15 is 0 Å². The normalized spacial score (nSPS) is 10.4. The predicted octanol–water partition coefficient (Wildman–Crippen LogP) is 5.23. The lowest BCUT2D eigenvalue weighted by Gasteiger charge is -1.99. The Morgan fingerprint density at radius 2 is 1.61 bits per heavy atom. The maximum atomic E-state index is 12.8. The quantitative estimate of drug-likeness (QED) is 0.445. The number of benzene rings is 2. The van der Waals surface area contributed by atoms with Crippen LogP contribution in [-0.2, 0) is 0 Å². The molecule has 23 heavy (non-hydrogen) atoms. The molecule has 0 saturated heterocycles. The van der Waals surface area contributed by atoms with Gasteiger partial charge in [-0.3, -0.25) is 9.97 Å². The van der Waals surface area contributed by atoms with E-state index in [1.807, 2.05) is 31.5 Å². The molecule has 2 aromatic heterocycles. The van der Waals surface area contributed by atoms with Crippen LogP contribution in [0.5, 0.6) is 0 Å². The van der Waals surface area contributed by atoms with E-state index in [-0.39, 0.29) is 5.82 Å². The average Bonchev–Trinajstić information content (AvgIpc) is 2.57. The highest BCUT2D eigenvalue weighted by atomic mass is 19.1. The average molecular weight is 304 g/mol. The number of aromatic nitrogens is 2. The first-order valence-corrected chi connectivity index (χ1v) is 7.45. The molecule has 2 aromatic carbocycles. The van der Waals surface area contributed by atoms with Gasteiger partial charge in [-0.25, -0.2) is 4.39 Å². The van der Waals surface area contributed by atoms with Crippen molar-refractivity contribution in [3.63, 3.8) is 0 Å². The van der Waals surface area contributed by atoms with Gasteiger partial charge < -0.3 is 0 Å². The highest BCUT2D eigenvalue weighted by Crippen LogP contribution is 2.17. The van der Waals surface area contributed by atoms with Crippen LogP contribution in [0.15, 0.2) is 67.1 Å². The van der Waals surface area contributed by atoms with Crippen molar-refractivity contribution in [3.05, 3.63) is 84.2 Å². The molecule has 0 amide bonds. The Labute approximate surface area is 134 Å². The standard InChI is InChI=1S/C10H8FN.C10H9N/c1-7-10-6-9(11)3-2-8(10)4-5-12-7;1-8-3-2-4-9-5-6-11-7-10(8)9/h2-6H,1H3;2-7H,1H3. The Bertz CT molecular complexity index is 958. The van der Waals surface area contributed by atoms with Crippen LogP contribution < -0.4 is 0 Å². The first-order valence-electron chi connectivity index (χ1n) is 7.45. The molecule has 0 aliphatic heterocycles. The van der Waals surface area contributed by atoms with Crippen molar-refractivity contribution in [2.24, 2.45) is 0 Å². The molecule has 4 aromatic rings. The van der Waals surface area contributed by atoms with E-state index in [1.54, 1.807) is 12.3 Å². The molecule has 0 fully saturated rings. The topological polar surface area (TPSA) is 25.8 Å². The second-order valence-electron chi connectivity index (χ2n) is 5.43. The largest absolute Gasteiger partial charge is 0.264 e. The van der Waals surface area contributed by atoms with Gasteiger partial charge in [0.2, 0.25) is 0 Å². The second kappa shape index (κ2) is 6.53. The van der Waals surface area contributed by atoms with E-state index in [9.17, 15) is 4.39 Å². The van der Waals surface area contributed by atoms with Gasteiger partial charge in [-0.05, 0) is 54.4 Å². The molecule has 3 heteroatoms. The van der Waals surface area contributed by atoms with Crippen LogP contribution in [0.4, 0.5) is 4.39 Å². The van der Waals surface area contributed by atoms with Gasteiger partial charge in [-0.1, -0.05) is 24.3 Å². The summed E-state index contributed by atoms with van der Waals surface area (Å²) in [7, 11) is 0. The SMILES string of the molecule is Cc1cccc2ccncc12.Cc1nccc2ccc(F)cc12. The first-order chi connectivity index (χ1) is 11.1. The van der Waals surface area contributed by atoms with Crippen LogP contribution in [0.2, 0.25) is 0 Å².